The highest BCUT2D eigenvalue weighted by Crippen LogP contribution is 2.36. The van der Waals surface area contributed by atoms with Crippen LogP contribution in [0.1, 0.15) is 17.3 Å². The van der Waals surface area contributed by atoms with Crippen molar-refractivity contribution in [2.24, 2.45) is 5.92 Å². The van der Waals surface area contributed by atoms with Gasteiger partial charge in [0.1, 0.15) is 24.7 Å². The molecule has 1 aliphatic heterocycles. The molecule has 0 aliphatic carbocycles. The molecule has 1 aliphatic rings. The minimum absolute atomic E-state index is 0.117. The summed E-state index contributed by atoms with van der Waals surface area (Å²) in [7, 11) is 0. The molecule has 3 atom stereocenters. The van der Waals surface area contributed by atoms with Crippen molar-refractivity contribution < 1.29 is 32.6 Å². The lowest BCUT2D eigenvalue weighted by molar-refractivity contribution is -0.154. The standard InChI is InChI=1S/C17H17F2NO5/c1-3-9-24-16(23)25-10(2)12-13(20-15(12)22)17(18,19)14(21)11-7-5-4-6-8-11/h3-8,10,12-13H,1,9H2,2H3,(H,20,22)/t10-,12-,13+/m1/s1. The van der Waals surface area contributed by atoms with E-state index in [4.69, 9.17) is 4.74 Å². The Labute approximate surface area is 142 Å². The highest BCUT2D eigenvalue weighted by Gasteiger charge is 2.60. The molecule has 0 aromatic heterocycles. The summed E-state index contributed by atoms with van der Waals surface area (Å²) in [6.07, 6.45) is -0.994. The van der Waals surface area contributed by atoms with Crippen LogP contribution in [0, 0.1) is 5.92 Å². The zero-order valence-electron chi connectivity index (χ0n) is 13.4. The van der Waals surface area contributed by atoms with E-state index in [9.17, 15) is 23.2 Å². The third kappa shape index (κ3) is 3.84. The fourth-order valence-corrected chi connectivity index (χ4v) is 2.50. The minimum Gasteiger partial charge on any atom is -0.430 e. The molecule has 1 aromatic carbocycles. The number of rotatable bonds is 7. The van der Waals surface area contributed by atoms with Gasteiger partial charge in [-0.25, -0.2) is 4.79 Å². The smallest absolute Gasteiger partial charge is 0.430 e. The average Bonchev–Trinajstić information content (AvgIpc) is 2.57. The normalized spacial score (nSPS) is 20.7. The maximum Gasteiger partial charge on any atom is 0.508 e. The first-order chi connectivity index (χ1) is 11.8. The lowest BCUT2D eigenvalue weighted by atomic mass is 9.79. The highest BCUT2D eigenvalue weighted by molar-refractivity contribution is 6.03. The van der Waals surface area contributed by atoms with E-state index in [0.29, 0.717) is 0 Å². The number of alkyl halides is 2. The van der Waals surface area contributed by atoms with Gasteiger partial charge in [-0.1, -0.05) is 43.0 Å². The van der Waals surface area contributed by atoms with Gasteiger partial charge in [0.2, 0.25) is 11.7 Å². The van der Waals surface area contributed by atoms with Gasteiger partial charge >= 0.3 is 12.1 Å². The zero-order chi connectivity index (χ0) is 18.6. The number of nitrogens with one attached hydrogen (secondary N) is 1. The molecule has 0 bridgehead atoms. The summed E-state index contributed by atoms with van der Waals surface area (Å²) in [4.78, 5) is 35.2. The number of β-lactam (4-membered cyclic amide) rings is 1. The summed E-state index contributed by atoms with van der Waals surface area (Å²) in [5, 5.41) is 2.02. The fraction of sp³-hybridized carbons (Fsp3) is 0.353. The van der Waals surface area contributed by atoms with Crippen LogP contribution in [0.3, 0.4) is 0 Å². The first-order valence-corrected chi connectivity index (χ1v) is 7.51. The Morgan fingerprint density at radius 3 is 2.56 bits per heavy atom. The Morgan fingerprint density at radius 2 is 2.00 bits per heavy atom. The van der Waals surface area contributed by atoms with E-state index in [2.05, 4.69) is 11.3 Å². The van der Waals surface area contributed by atoms with E-state index in [1.807, 2.05) is 5.32 Å². The highest BCUT2D eigenvalue weighted by atomic mass is 19.3. The van der Waals surface area contributed by atoms with Crippen LogP contribution < -0.4 is 5.32 Å². The minimum atomic E-state index is -3.84. The Balaban J connectivity index is 2.10. The Kier molecular flexibility index (Phi) is 5.51. The largest absolute Gasteiger partial charge is 0.508 e. The third-order valence-electron chi connectivity index (χ3n) is 3.80. The number of halogens is 2. The van der Waals surface area contributed by atoms with Crippen molar-refractivity contribution >= 4 is 17.8 Å². The van der Waals surface area contributed by atoms with E-state index in [1.54, 1.807) is 6.07 Å². The molecular weight excluding hydrogens is 336 g/mol. The van der Waals surface area contributed by atoms with Gasteiger partial charge in [-0.3, -0.25) is 9.59 Å². The van der Waals surface area contributed by atoms with Crippen molar-refractivity contribution in [3.05, 3.63) is 48.6 Å². The quantitative estimate of drug-likeness (QED) is 0.352. The first kappa shape index (κ1) is 18.6. The molecule has 0 radical (unpaired) electrons. The number of carbonyl (C=O) groups is 3. The van der Waals surface area contributed by atoms with Crippen molar-refractivity contribution in [2.75, 3.05) is 6.61 Å². The van der Waals surface area contributed by atoms with Gasteiger partial charge < -0.3 is 14.8 Å². The summed E-state index contributed by atoms with van der Waals surface area (Å²) in [5.41, 5.74) is -0.175. The number of hydrogen-bond donors (Lipinski definition) is 1. The van der Waals surface area contributed by atoms with Crippen LogP contribution in [0.5, 0.6) is 0 Å². The predicted octanol–water partition coefficient (Wildman–Crippen LogP) is 2.35. The maximum absolute atomic E-state index is 14.5. The second-order valence-corrected chi connectivity index (χ2v) is 5.50. The summed E-state index contributed by atoms with van der Waals surface area (Å²) in [6.45, 7) is 4.52. The molecule has 1 saturated heterocycles. The van der Waals surface area contributed by atoms with Gasteiger partial charge in [-0.2, -0.15) is 8.78 Å². The lowest BCUT2D eigenvalue weighted by Gasteiger charge is -2.42. The Bertz CT molecular complexity index is 677. The monoisotopic (exact) mass is 353 g/mol. The molecule has 6 nitrogen and oxygen atoms in total. The van der Waals surface area contributed by atoms with Crippen molar-refractivity contribution in [3.63, 3.8) is 0 Å². The lowest BCUT2D eigenvalue weighted by Crippen LogP contribution is -2.70. The summed E-state index contributed by atoms with van der Waals surface area (Å²) in [6, 6.07) is 5.27. The number of hydrogen-bond acceptors (Lipinski definition) is 5. The summed E-state index contributed by atoms with van der Waals surface area (Å²) in [5.74, 6) is -7.35. The van der Waals surface area contributed by atoms with Crippen LogP contribution >= 0.6 is 0 Å². The van der Waals surface area contributed by atoms with Gasteiger partial charge in [0.05, 0.1) is 0 Å². The maximum atomic E-state index is 14.5. The number of Topliss-reactive ketones (excluding diaryl/α,β-unsaturated/α-hetero) is 1. The van der Waals surface area contributed by atoms with Crippen LogP contribution in [0.25, 0.3) is 0 Å². The second-order valence-electron chi connectivity index (χ2n) is 5.50. The molecule has 0 saturated carbocycles. The van der Waals surface area contributed by atoms with Crippen molar-refractivity contribution in [1.82, 2.24) is 5.32 Å². The average molecular weight is 353 g/mol. The van der Waals surface area contributed by atoms with Crippen LogP contribution in [-0.2, 0) is 14.3 Å². The SMILES string of the molecule is C=CCOC(=O)O[C@H](C)[C@H]1C(=O)N[C@@H]1C(F)(F)C(=O)c1ccccc1. The first-order valence-electron chi connectivity index (χ1n) is 7.51. The fourth-order valence-electron chi connectivity index (χ4n) is 2.50. The summed E-state index contributed by atoms with van der Waals surface area (Å²) < 4.78 is 38.5. The van der Waals surface area contributed by atoms with Gasteiger partial charge in [0.15, 0.2) is 0 Å². The second kappa shape index (κ2) is 7.42. The molecular formula is C17H17F2NO5. The van der Waals surface area contributed by atoms with Crippen LogP contribution in [0.4, 0.5) is 13.6 Å². The predicted molar refractivity (Wildman–Crippen MR) is 83.2 cm³/mol. The van der Waals surface area contributed by atoms with Gasteiger partial charge in [-0.05, 0) is 6.92 Å². The van der Waals surface area contributed by atoms with Crippen molar-refractivity contribution in [2.45, 2.75) is 25.0 Å². The van der Waals surface area contributed by atoms with Crippen LogP contribution in [0.2, 0.25) is 0 Å². The molecule has 25 heavy (non-hydrogen) atoms. The van der Waals surface area contributed by atoms with E-state index >= 15 is 0 Å². The Hall–Kier alpha value is -2.77. The third-order valence-corrected chi connectivity index (χ3v) is 3.80. The Morgan fingerprint density at radius 1 is 1.36 bits per heavy atom. The topological polar surface area (TPSA) is 81.7 Å². The molecule has 1 aromatic rings. The molecule has 1 fully saturated rings. The number of benzene rings is 1. The van der Waals surface area contributed by atoms with E-state index < -0.39 is 41.8 Å². The zero-order valence-corrected chi connectivity index (χ0v) is 13.4. The summed E-state index contributed by atoms with van der Waals surface area (Å²) >= 11 is 0. The molecule has 1 N–H and O–H groups in total. The van der Waals surface area contributed by atoms with Gasteiger partial charge in [0.25, 0.3) is 0 Å². The number of ether oxygens (including phenoxy) is 2. The van der Waals surface area contributed by atoms with Crippen molar-refractivity contribution in [3.8, 4) is 0 Å². The van der Waals surface area contributed by atoms with E-state index in [-0.39, 0.29) is 12.2 Å². The molecule has 8 heteroatoms. The van der Waals surface area contributed by atoms with E-state index in [0.717, 1.165) is 0 Å². The van der Waals surface area contributed by atoms with Crippen LogP contribution in [0.15, 0.2) is 43.0 Å². The molecule has 1 amide bonds. The molecule has 0 unspecified atom stereocenters. The van der Waals surface area contributed by atoms with Crippen molar-refractivity contribution in [1.29, 1.82) is 0 Å². The van der Waals surface area contributed by atoms with Gasteiger partial charge in [0, 0.05) is 5.56 Å². The van der Waals surface area contributed by atoms with Gasteiger partial charge in [-0.15, -0.1) is 0 Å². The van der Waals surface area contributed by atoms with E-state index in [1.165, 1.54) is 37.3 Å². The number of carbonyl (C=O) groups excluding carboxylic acids is 3. The molecule has 2 rings (SSSR count). The number of amides is 1. The molecule has 1 heterocycles. The molecule has 0 spiro atoms. The van der Waals surface area contributed by atoms with Crippen LogP contribution in [-0.4, -0.2) is 42.5 Å². The number of ketones is 1. The molecule has 134 valence electrons.